The molecule has 0 amide bonds. The van der Waals surface area contributed by atoms with E-state index < -0.39 is 0 Å². The molecule has 2 aromatic rings. The number of hydrogen-bond acceptors (Lipinski definition) is 3. The topological polar surface area (TPSA) is 30.5 Å². The number of nitrogens with one attached hydrogen (secondary N) is 1. The Morgan fingerprint density at radius 3 is 2.33 bits per heavy atom. The maximum absolute atomic E-state index is 5.82. The van der Waals surface area contributed by atoms with Gasteiger partial charge < -0.3 is 14.8 Å². The van der Waals surface area contributed by atoms with Crippen LogP contribution in [0, 0.1) is 5.92 Å². The molecular weight excluding hydrogens is 298 g/mol. The summed E-state index contributed by atoms with van der Waals surface area (Å²) in [7, 11) is 0. The van der Waals surface area contributed by atoms with Gasteiger partial charge in [0.15, 0.2) is 0 Å². The number of rotatable bonds is 9. The summed E-state index contributed by atoms with van der Waals surface area (Å²) >= 11 is 0. The van der Waals surface area contributed by atoms with Gasteiger partial charge in [0.05, 0.1) is 12.7 Å². The van der Waals surface area contributed by atoms with Gasteiger partial charge in [-0.2, -0.15) is 0 Å². The van der Waals surface area contributed by atoms with Gasteiger partial charge in [0, 0.05) is 12.2 Å². The summed E-state index contributed by atoms with van der Waals surface area (Å²) < 4.78 is 11.5. The van der Waals surface area contributed by atoms with Crippen molar-refractivity contribution < 1.29 is 9.47 Å². The molecule has 0 heterocycles. The molecule has 0 aliphatic rings. The van der Waals surface area contributed by atoms with E-state index in [1.54, 1.807) is 0 Å². The van der Waals surface area contributed by atoms with E-state index in [9.17, 15) is 0 Å². The average molecular weight is 327 g/mol. The first-order valence-electron chi connectivity index (χ1n) is 8.75. The number of anilines is 1. The molecule has 2 rings (SSSR count). The van der Waals surface area contributed by atoms with Crippen molar-refractivity contribution in [3.05, 3.63) is 54.1 Å². The summed E-state index contributed by atoms with van der Waals surface area (Å²) in [5, 5.41) is 3.43. The fourth-order valence-electron chi connectivity index (χ4n) is 2.29. The maximum atomic E-state index is 5.82. The molecule has 130 valence electrons. The second-order valence-electron chi connectivity index (χ2n) is 6.72. The SMILES string of the molecule is CC(C)CCOc1cccc(CNc2ccc(OC(C)C)cc2)c1. The zero-order valence-corrected chi connectivity index (χ0v) is 15.2. The van der Waals surface area contributed by atoms with Crippen molar-refractivity contribution in [1.29, 1.82) is 0 Å². The first-order valence-corrected chi connectivity index (χ1v) is 8.75. The lowest BCUT2D eigenvalue weighted by Crippen LogP contribution is -2.05. The Labute approximate surface area is 146 Å². The van der Waals surface area contributed by atoms with Crippen LogP contribution in [-0.4, -0.2) is 12.7 Å². The van der Waals surface area contributed by atoms with Crippen LogP contribution in [0.15, 0.2) is 48.5 Å². The van der Waals surface area contributed by atoms with Crippen molar-refractivity contribution in [3.8, 4) is 11.5 Å². The van der Waals surface area contributed by atoms with E-state index >= 15 is 0 Å². The van der Waals surface area contributed by atoms with Gasteiger partial charge in [0.1, 0.15) is 11.5 Å². The Morgan fingerprint density at radius 2 is 1.67 bits per heavy atom. The zero-order chi connectivity index (χ0) is 17.4. The van der Waals surface area contributed by atoms with Gasteiger partial charge in [-0.1, -0.05) is 26.0 Å². The summed E-state index contributed by atoms with van der Waals surface area (Å²) in [5.74, 6) is 2.50. The molecule has 0 aliphatic carbocycles. The first-order chi connectivity index (χ1) is 11.5. The molecule has 0 unspecified atom stereocenters. The number of hydrogen-bond donors (Lipinski definition) is 1. The van der Waals surface area contributed by atoms with Gasteiger partial charge >= 0.3 is 0 Å². The van der Waals surface area contributed by atoms with E-state index in [0.29, 0.717) is 5.92 Å². The smallest absolute Gasteiger partial charge is 0.119 e. The Morgan fingerprint density at radius 1 is 0.917 bits per heavy atom. The largest absolute Gasteiger partial charge is 0.494 e. The normalized spacial score (nSPS) is 10.9. The van der Waals surface area contributed by atoms with Crippen LogP contribution in [0.5, 0.6) is 11.5 Å². The van der Waals surface area contributed by atoms with E-state index in [1.807, 2.05) is 50.2 Å². The molecule has 0 radical (unpaired) electrons. The fourth-order valence-corrected chi connectivity index (χ4v) is 2.29. The summed E-state index contributed by atoms with van der Waals surface area (Å²) in [5.41, 5.74) is 2.29. The molecule has 0 saturated heterocycles. The molecule has 3 heteroatoms. The minimum atomic E-state index is 0.197. The highest BCUT2D eigenvalue weighted by molar-refractivity contribution is 5.47. The highest BCUT2D eigenvalue weighted by Gasteiger charge is 2.01. The zero-order valence-electron chi connectivity index (χ0n) is 15.2. The minimum Gasteiger partial charge on any atom is -0.494 e. The van der Waals surface area contributed by atoms with Crippen LogP contribution in [0.4, 0.5) is 5.69 Å². The standard InChI is InChI=1S/C21H29NO2/c1-16(2)12-13-23-21-7-5-6-18(14-21)15-22-19-8-10-20(11-9-19)24-17(3)4/h5-11,14,16-17,22H,12-13,15H2,1-4H3. The molecular formula is C21H29NO2. The molecule has 2 aromatic carbocycles. The quantitative estimate of drug-likeness (QED) is 0.658. The van der Waals surface area contributed by atoms with Crippen LogP contribution in [0.2, 0.25) is 0 Å². The van der Waals surface area contributed by atoms with Crippen LogP contribution in [0.3, 0.4) is 0 Å². The van der Waals surface area contributed by atoms with Crippen LogP contribution < -0.4 is 14.8 Å². The Hall–Kier alpha value is -2.16. The van der Waals surface area contributed by atoms with Gasteiger partial charge in [-0.3, -0.25) is 0 Å². The maximum Gasteiger partial charge on any atom is 0.119 e. The van der Waals surface area contributed by atoms with Crippen molar-refractivity contribution >= 4 is 5.69 Å². The lowest BCUT2D eigenvalue weighted by atomic mass is 10.1. The van der Waals surface area contributed by atoms with Crippen LogP contribution in [-0.2, 0) is 6.54 Å². The second-order valence-corrected chi connectivity index (χ2v) is 6.72. The molecule has 0 fully saturated rings. The molecule has 0 aliphatic heterocycles. The molecule has 0 spiro atoms. The molecule has 0 aromatic heterocycles. The monoisotopic (exact) mass is 327 g/mol. The summed E-state index contributed by atoms with van der Waals surface area (Å²) in [6, 6.07) is 16.3. The molecule has 0 bridgehead atoms. The van der Waals surface area contributed by atoms with Crippen LogP contribution in [0.25, 0.3) is 0 Å². The van der Waals surface area contributed by atoms with Gasteiger partial charge in [-0.15, -0.1) is 0 Å². The summed E-state index contributed by atoms with van der Waals surface area (Å²) in [6.45, 7) is 10.0. The van der Waals surface area contributed by atoms with Crippen molar-refractivity contribution in [2.24, 2.45) is 5.92 Å². The minimum absolute atomic E-state index is 0.197. The predicted octanol–water partition coefficient (Wildman–Crippen LogP) is 5.51. The lowest BCUT2D eigenvalue weighted by molar-refractivity contribution is 0.242. The van der Waals surface area contributed by atoms with Crippen LogP contribution in [0.1, 0.15) is 39.7 Å². The third-order valence-electron chi connectivity index (χ3n) is 3.59. The predicted molar refractivity (Wildman–Crippen MR) is 101 cm³/mol. The van der Waals surface area contributed by atoms with Gasteiger partial charge in [-0.05, 0) is 68.1 Å². The van der Waals surface area contributed by atoms with Gasteiger partial charge in [0.25, 0.3) is 0 Å². The number of benzene rings is 2. The van der Waals surface area contributed by atoms with E-state index in [4.69, 9.17) is 9.47 Å². The van der Waals surface area contributed by atoms with E-state index in [0.717, 1.165) is 36.8 Å². The first kappa shape index (κ1) is 18.2. The van der Waals surface area contributed by atoms with Crippen LogP contribution >= 0.6 is 0 Å². The third kappa shape index (κ3) is 6.53. The van der Waals surface area contributed by atoms with E-state index in [-0.39, 0.29) is 6.10 Å². The highest BCUT2D eigenvalue weighted by Crippen LogP contribution is 2.19. The Balaban J connectivity index is 1.85. The number of ether oxygens (including phenoxy) is 2. The Kier molecular flexibility index (Phi) is 6.98. The summed E-state index contributed by atoms with van der Waals surface area (Å²) in [4.78, 5) is 0. The second kappa shape index (κ2) is 9.21. The van der Waals surface area contributed by atoms with Crippen molar-refractivity contribution in [2.45, 2.75) is 46.8 Å². The molecule has 24 heavy (non-hydrogen) atoms. The fraction of sp³-hybridized carbons (Fsp3) is 0.429. The molecule has 1 N–H and O–H groups in total. The Bertz CT molecular complexity index is 605. The highest BCUT2D eigenvalue weighted by atomic mass is 16.5. The van der Waals surface area contributed by atoms with Gasteiger partial charge in [-0.25, -0.2) is 0 Å². The molecule has 0 atom stereocenters. The molecule has 0 saturated carbocycles. The van der Waals surface area contributed by atoms with E-state index in [2.05, 4.69) is 31.3 Å². The lowest BCUT2D eigenvalue weighted by Gasteiger charge is -2.12. The summed E-state index contributed by atoms with van der Waals surface area (Å²) in [6.07, 6.45) is 1.27. The van der Waals surface area contributed by atoms with Crippen molar-refractivity contribution in [3.63, 3.8) is 0 Å². The van der Waals surface area contributed by atoms with Crippen molar-refractivity contribution in [1.82, 2.24) is 0 Å². The van der Waals surface area contributed by atoms with Crippen molar-refractivity contribution in [2.75, 3.05) is 11.9 Å². The van der Waals surface area contributed by atoms with E-state index in [1.165, 1.54) is 5.56 Å². The average Bonchev–Trinajstić information content (AvgIpc) is 2.54. The van der Waals surface area contributed by atoms with Gasteiger partial charge in [0.2, 0.25) is 0 Å². The molecule has 3 nitrogen and oxygen atoms in total. The third-order valence-corrected chi connectivity index (χ3v) is 3.59.